The van der Waals surface area contributed by atoms with Gasteiger partial charge >= 0.3 is 0 Å². The molecule has 4 N–H and O–H groups in total. The van der Waals surface area contributed by atoms with Crippen LogP contribution in [0.3, 0.4) is 0 Å². The minimum absolute atomic E-state index is 0.00958. The number of rotatable bonds is 2. The molecule has 6 heteroatoms. The minimum atomic E-state index is -0.436. The van der Waals surface area contributed by atoms with E-state index < -0.39 is 5.54 Å². The zero-order valence-corrected chi connectivity index (χ0v) is 14.5. The highest BCUT2D eigenvalue weighted by molar-refractivity contribution is 9.10. The Hall–Kier alpha value is -1.11. The van der Waals surface area contributed by atoms with Gasteiger partial charge in [-0.25, -0.2) is 0 Å². The van der Waals surface area contributed by atoms with Gasteiger partial charge in [0.25, 0.3) is 0 Å². The average Bonchev–Trinajstić information content (AvgIpc) is 2.50. The van der Waals surface area contributed by atoms with Crippen LogP contribution in [-0.2, 0) is 0 Å². The van der Waals surface area contributed by atoms with Crippen molar-refractivity contribution < 1.29 is 5.21 Å². The molecule has 0 aromatic heterocycles. The van der Waals surface area contributed by atoms with Crippen molar-refractivity contribution in [2.45, 2.75) is 51.2 Å². The van der Waals surface area contributed by atoms with E-state index in [2.05, 4.69) is 26.6 Å². The summed E-state index contributed by atoms with van der Waals surface area (Å²) >= 11 is 3.41. The van der Waals surface area contributed by atoms with E-state index in [9.17, 15) is 5.21 Å². The highest BCUT2D eigenvalue weighted by Gasteiger charge is 2.51. The molecule has 1 saturated heterocycles. The summed E-state index contributed by atoms with van der Waals surface area (Å²) in [4.78, 5) is 0. The highest BCUT2D eigenvalue weighted by atomic mass is 79.9. The zero-order valence-electron chi connectivity index (χ0n) is 12.9. The third-order valence-corrected chi connectivity index (χ3v) is 4.58. The fourth-order valence-corrected chi connectivity index (χ4v) is 3.31. The largest absolute Gasteiger partial charge is 0.352 e. The molecule has 1 unspecified atom stereocenters. The first-order chi connectivity index (χ1) is 9.63. The van der Waals surface area contributed by atoms with E-state index >= 15 is 0 Å². The van der Waals surface area contributed by atoms with Gasteiger partial charge in [0, 0.05) is 15.7 Å². The molecule has 2 rings (SSSR count). The molecule has 1 heterocycles. The van der Waals surface area contributed by atoms with E-state index in [1.807, 2.05) is 52.0 Å². The van der Waals surface area contributed by atoms with Gasteiger partial charge in [-0.05, 0) is 52.3 Å². The van der Waals surface area contributed by atoms with Crippen molar-refractivity contribution in [2.75, 3.05) is 5.32 Å². The summed E-state index contributed by atoms with van der Waals surface area (Å²) in [6.45, 7) is 7.96. The maximum absolute atomic E-state index is 10.3. The Bertz CT molecular complexity index is 544. The molecule has 1 fully saturated rings. The molecule has 1 aromatic rings. The monoisotopic (exact) mass is 354 g/mol. The Kier molecular flexibility index (Phi) is 4.33. The van der Waals surface area contributed by atoms with Gasteiger partial charge < -0.3 is 15.8 Å². The smallest absolute Gasteiger partial charge is 0.193 e. The lowest BCUT2D eigenvalue weighted by molar-refractivity contribution is -0.193. The second-order valence-electron chi connectivity index (χ2n) is 6.69. The van der Waals surface area contributed by atoms with Gasteiger partial charge in [0.05, 0.1) is 11.6 Å². The molecule has 5 nitrogen and oxygen atoms in total. The van der Waals surface area contributed by atoms with Crippen LogP contribution in [0.25, 0.3) is 0 Å². The first-order valence-electron chi connectivity index (χ1n) is 7.00. The quantitative estimate of drug-likeness (QED) is 0.485. The van der Waals surface area contributed by atoms with Crippen LogP contribution in [-0.4, -0.2) is 33.3 Å². The van der Waals surface area contributed by atoms with E-state index in [1.54, 1.807) is 0 Å². The van der Waals surface area contributed by atoms with Crippen molar-refractivity contribution >= 4 is 27.6 Å². The second kappa shape index (κ2) is 5.59. The molecule has 1 aliphatic rings. The van der Waals surface area contributed by atoms with Crippen molar-refractivity contribution in [2.24, 2.45) is 0 Å². The predicted octanol–water partition coefficient (Wildman–Crippen LogP) is 3.41. The van der Waals surface area contributed by atoms with E-state index in [-0.39, 0.29) is 17.5 Å². The normalized spacial score (nSPS) is 23.8. The summed E-state index contributed by atoms with van der Waals surface area (Å²) < 4.78 is 0.962. The number of hydroxylamine groups is 2. The molecule has 0 saturated carbocycles. The van der Waals surface area contributed by atoms with E-state index in [0.717, 1.165) is 16.6 Å². The highest BCUT2D eigenvalue weighted by Crippen LogP contribution is 2.38. The predicted molar refractivity (Wildman–Crippen MR) is 88.8 cm³/mol. The van der Waals surface area contributed by atoms with E-state index in [1.165, 1.54) is 5.06 Å². The molecule has 0 amide bonds. The van der Waals surface area contributed by atoms with Gasteiger partial charge in [-0.2, -0.15) is 5.06 Å². The Balaban J connectivity index is 2.03. The van der Waals surface area contributed by atoms with Crippen LogP contribution in [0.4, 0.5) is 5.69 Å². The Labute approximate surface area is 134 Å². The molecule has 1 aromatic carbocycles. The molecule has 116 valence electrons. The summed E-state index contributed by atoms with van der Waals surface area (Å²) in [6, 6.07) is 7.66. The van der Waals surface area contributed by atoms with Gasteiger partial charge in [0.1, 0.15) is 0 Å². The number of halogens is 1. The number of hydrogen-bond donors (Lipinski definition) is 4. The lowest BCUT2D eigenvalue weighted by Crippen LogP contribution is -2.53. The zero-order chi connectivity index (χ0) is 15.8. The molecular weight excluding hydrogens is 332 g/mol. The summed E-state index contributed by atoms with van der Waals surface area (Å²) in [5, 5.41) is 26.0. The number of guanidine groups is 1. The molecule has 0 radical (unpaired) electrons. The van der Waals surface area contributed by atoms with Crippen molar-refractivity contribution in [3.63, 3.8) is 0 Å². The van der Waals surface area contributed by atoms with Crippen molar-refractivity contribution in [1.29, 1.82) is 5.41 Å². The summed E-state index contributed by atoms with van der Waals surface area (Å²) in [6.07, 6.45) is 0.763. The van der Waals surface area contributed by atoms with Crippen molar-refractivity contribution in [3.8, 4) is 0 Å². The van der Waals surface area contributed by atoms with Gasteiger partial charge in [0.15, 0.2) is 5.96 Å². The van der Waals surface area contributed by atoms with Crippen molar-refractivity contribution in [3.05, 3.63) is 28.7 Å². The molecule has 0 aliphatic carbocycles. The van der Waals surface area contributed by atoms with Gasteiger partial charge in [0.2, 0.25) is 0 Å². The van der Waals surface area contributed by atoms with Crippen LogP contribution in [0.1, 0.15) is 34.1 Å². The number of nitrogens with zero attached hydrogens (tertiary/aromatic N) is 1. The Morgan fingerprint density at radius 3 is 2.57 bits per heavy atom. The number of benzene rings is 1. The van der Waals surface area contributed by atoms with Crippen LogP contribution in [0, 0.1) is 5.41 Å². The molecule has 21 heavy (non-hydrogen) atoms. The third-order valence-electron chi connectivity index (χ3n) is 4.09. The molecule has 0 spiro atoms. The minimum Gasteiger partial charge on any atom is -0.352 e. The molecule has 1 aliphatic heterocycles. The van der Waals surface area contributed by atoms with Crippen molar-refractivity contribution in [1.82, 2.24) is 10.4 Å². The van der Waals surface area contributed by atoms with E-state index in [0.29, 0.717) is 0 Å². The fraction of sp³-hybridized carbons (Fsp3) is 0.533. The van der Waals surface area contributed by atoms with Gasteiger partial charge in [-0.1, -0.05) is 22.0 Å². The first-order valence-corrected chi connectivity index (χ1v) is 7.79. The first kappa shape index (κ1) is 16.3. The van der Waals surface area contributed by atoms with Gasteiger partial charge in [-0.15, -0.1) is 0 Å². The maximum atomic E-state index is 10.3. The lowest BCUT2D eigenvalue weighted by Gasteiger charge is -2.36. The topological polar surface area (TPSA) is 71.4 Å². The third kappa shape index (κ3) is 3.39. The molecule has 0 bridgehead atoms. The second-order valence-corrected chi connectivity index (χ2v) is 7.60. The lowest BCUT2D eigenvalue weighted by atomic mass is 9.94. The Morgan fingerprint density at radius 1 is 1.38 bits per heavy atom. The molecular formula is C15H23BrN4O. The summed E-state index contributed by atoms with van der Waals surface area (Å²) in [5.41, 5.74) is 0.101. The standard InChI is InChI=1S/C15H23BrN4O/c1-14(2)9-12(15(3,4)20(14)21)19-13(17)18-11-7-5-6-10(16)8-11/h5-8,12,21H,9H2,1-4H3,(H3,17,18,19). The van der Waals surface area contributed by atoms with E-state index in [4.69, 9.17) is 5.41 Å². The molecule has 1 atom stereocenters. The van der Waals surface area contributed by atoms with Crippen LogP contribution < -0.4 is 10.6 Å². The average molecular weight is 355 g/mol. The Morgan fingerprint density at radius 2 is 2.05 bits per heavy atom. The fourth-order valence-electron chi connectivity index (χ4n) is 2.91. The van der Waals surface area contributed by atoms with Crippen LogP contribution >= 0.6 is 15.9 Å². The number of nitrogens with one attached hydrogen (secondary N) is 3. The summed E-state index contributed by atoms with van der Waals surface area (Å²) in [5.74, 6) is 0.234. The van der Waals surface area contributed by atoms with Crippen LogP contribution in [0.5, 0.6) is 0 Å². The van der Waals surface area contributed by atoms with Crippen LogP contribution in [0.2, 0.25) is 0 Å². The number of hydrogen-bond acceptors (Lipinski definition) is 3. The maximum Gasteiger partial charge on any atom is 0.193 e. The van der Waals surface area contributed by atoms with Gasteiger partial charge in [-0.3, -0.25) is 5.41 Å². The van der Waals surface area contributed by atoms with Crippen LogP contribution in [0.15, 0.2) is 28.7 Å². The number of anilines is 1. The summed E-state index contributed by atoms with van der Waals surface area (Å²) in [7, 11) is 0. The SMILES string of the molecule is CC1(C)CC(NC(=N)Nc2cccc(Br)c2)C(C)(C)N1O.